The Kier molecular flexibility index (Phi) is 4.73. The quantitative estimate of drug-likeness (QED) is 0.716. The minimum atomic E-state index is -1.07. The first-order valence-corrected chi connectivity index (χ1v) is 5.58. The third-order valence-electron chi connectivity index (χ3n) is 2.99. The predicted octanol–water partition coefficient (Wildman–Crippen LogP) is 0.592. The first-order valence-electron chi connectivity index (χ1n) is 5.58. The van der Waals surface area contributed by atoms with Gasteiger partial charge in [-0.1, -0.05) is 0 Å². The van der Waals surface area contributed by atoms with Crippen molar-refractivity contribution in [2.45, 2.75) is 19.8 Å². The maximum absolute atomic E-state index is 11.7. The summed E-state index contributed by atoms with van der Waals surface area (Å²) in [6, 6.07) is 0. The van der Waals surface area contributed by atoms with Crippen LogP contribution in [-0.4, -0.2) is 48.7 Å². The molecule has 1 fully saturated rings. The number of carboxylic acids is 1. The highest BCUT2D eigenvalue weighted by molar-refractivity contribution is 5.96. The molecule has 0 radical (unpaired) electrons. The maximum Gasteiger partial charge on any atom is 0.315 e. The van der Waals surface area contributed by atoms with Crippen LogP contribution >= 0.6 is 0 Å². The molecular formula is C11H19NO4. The minimum Gasteiger partial charge on any atom is -0.481 e. The average molecular weight is 229 g/mol. The molecule has 1 unspecified atom stereocenters. The van der Waals surface area contributed by atoms with Crippen LogP contribution in [0.25, 0.3) is 0 Å². The highest BCUT2D eigenvalue weighted by atomic mass is 16.5. The van der Waals surface area contributed by atoms with Crippen molar-refractivity contribution < 1.29 is 19.4 Å². The average Bonchev–Trinajstić information content (AvgIpc) is 2.28. The second-order valence-corrected chi connectivity index (χ2v) is 4.33. The fourth-order valence-electron chi connectivity index (χ4n) is 1.84. The summed E-state index contributed by atoms with van der Waals surface area (Å²) in [6.45, 7) is 3.52. The Morgan fingerprint density at radius 3 is 2.50 bits per heavy atom. The Labute approximate surface area is 95.4 Å². The van der Waals surface area contributed by atoms with Crippen molar-refractivity contribution in [3.8, 4) is 0 Å². The number of rotatable bonds is 4. The fourth-order valence-corrected chi connectivity index (χ4v) is 1.84. The zero-order valence-electron chi connectivity index (χ0n) is 9.81. The first kappa shape index (κ1) is 13.0. The van der Waals surface area contributed by atoms with Gasteiger partial charge in [0.25, 0.3) is 0 Å². The first-order chi connectivity index (χ1) is 7.52. The highest BCUT2D eigenvalue weighted by Gasteiger charge is 2.26. The summed E-state index contributed by atoms with van der Waals surface area (Å²) in [5, 5.41) is 8.74. The molecule has 0 aromatic rings. The molecule has 0 spiro atoms. The van der Waals surface area contributed by atoms with Crippen molar-refractivity contribution in [2.75, 3.05) is 26.8 Å². The third kappa shape index (κ3) is 3.48. The largest absolute Gasteiger partial charge is 0.481 e. The van der Waals surface area contributed by atoms with Gasteiger partial charge in [0.2, 0.25) is 5.91 Å². The van der Waals surface area contributed by atoms with Crippen molar-refractivity contribution in [1.29, 1.82) is 0 Å². The van der Waals surface area contributed by atoms with Gasteiger partial charge >= 0.3 is 5.97 Å². The summed E-state index contributed by atoms with van der Waals surface area (Å²) in [6.07, 6.45) is 1.89. The van der Waals surface area contributed by atoms with Crippen LogP contribution in [0, 0.1) is 11.8 Å². The molecule has 1 heterocycles. The predicted molar refractivity (Wildman–Crippen MR) is 58.0 cm³/mol. The molecule has 5 heteroatoms. The SMILES string of the molecule is CC(C(=O)O)C(=O)N(C)CC1CCOCC1. The van der Waals surface area contributed by atoms with Crippen LogP contribution in [0.15, 0.2) is 0 Å². The molecule has 0 aromatic carbocycles. The van der Waals surface area contributed by atoms with Gasteiger partial charge in [0.15, 0.2) is 0 Å². The number of hydrogen-bond acceptors (Lipinski definition) is 3. The van der Waals surface area contributed by atoms with Crippen molar-refractivity contribution in [2.24, 2.45) is 11.8 Å². The maximum atomic E-state index is 11.7. The van der Waals surface area contributed by atoms with Crippen LogP contribution < -0.4 is 0 Å². The molecule has 1 amide bonds. The number of aliphatic carboxylic acids is 1. The van der Waals surface area contributed by atoms with Crippen molar-refractivity contribution in [3.63, 3.8) is 0 Å². The Hall–Kier alpha value is -1.10. The molecular weight excluding hydrogens is 210 g/mol. The standard InChI is InChI=1S/C11H19NO4/c1-8(11(14)15)10(13)12(2)7-9-3-5-16-6-4-9/h8-9H,3-7H2,1-2H3,(H,14,15). The van der Waals surface area contributed by atoms with Crippen molar-refractivity contribution in [3.05, 3.63) is 0 Å². The second-order valence-electron chi connectivity index (χ2n) is 4.33. The van der Waals surface area contributed by atoms with Crippen LogP contribution in [0.2, 0.25) is 0 Å². The lowest BCUT2D eigenvalue weighted by atomic mass is 9.99. The smallest absolute Gasteiger partial charge is 0.315 e. The van der Waals surface area contributed by atoms with Gasteiger partial charge in [-0.2, -0.15) is 0 Å². The van der Waals surface area contributed by atoms with E-state index in [1.807, 2.05) is 0 Å². The lowest BCUT2D eigenvalue weighted by molar-refractivity contribution is -0.150. The summed E-state index contributed by atoms with van der Waals surface area (Å²) in [7, 11) is 1.66. The molecule has 1 N–H and O–H groups in total. The molecule has 1 aliphatic heterocycles. The van der Waals surface area contributed by atoms with E-state index in [9.17, 15) is 9.59 Å². The van der Waals surface area contributed by atoms with Gasteiger partial charge < -0.3 is 14.7 Å². The number of carbonyl (C=O) groups is 2. The van der Waals surface area contributed by atoms with Crippen LogP contribution in [0.5, 0.6) is 0 Å². The Bertz CT molecular complexity index is 261. The molecule has 0 saturated carbocycles. The molecule has 1 rings (SSSR count). The van der Waals surface area contributed by atoms with Gasteiger partial charge in [0, 0.05) is 26.8 Å². The number of carboxylic acid groups (broad SMARTS) is 1. The number of nitrogens with zero attached hydrogens (tertiary/aromatic N) is 1. The monoisotopic (exact) mass is 229 g/mol. The van der Waals surface area contributed by atoms with E-state index in [1.165, 1.54) is 11.8 Å². The molecule has 1 atom stereocenters. The normalized spacial score (nSPS) is 19.1. The van der Waals surface area contributed by atoms with Gasteiger partial charge in [-0.15, -0.1) is 0 Å². The van der Waals surface area contributed by atoms with E-state index in [4.69, 9.17) is 9.84 Å². The van der Waals surface area contributed by atoms with Crippen molar-refractivity contribution in [1.82, 2.24) is 4.90 Å². The molecule has 5 nitrogen and oxygen atoms in total. The summed E-state index contributed by atoms with van der Waals surface area (Å²) in [5.41, 5.74) is 0. The van der Waals surface area contributed by atoms with Gasteiger partial charge in [-0.3, -0.25) is 9.59 Å². The lowest BCUT2D eigenvalue weighted by Gasteiger charge is -2.28. The molecule has 0 bridgehead atoms. The van der Waals surface area contributed by atoms with E-state index >= 15 is 0 Å². The molecule has 1 saturated heterocycles. The summed E-state index contributed by atoms with van der Waals surface area (Å²) in [5.74, 6) is -1.91. The molecule has 16 heavy (non-hydrogen) atoms. The molecule has 0 aliphatic carbocycles. The van der Waals surface area contributed by atoms with Crippen LogP contribution in [0.4, 0.5) is 0 Å². The summed E-state index contributed by atoms with van der Waals surface area (Å²) >= 11 is 0. The van der Waals surface area contributed by atoms with Crippen LogP contribution in [0.1, 0.15) is 19.8 Å². The van der Waals surface area contributed by atoms with E-state index < -0.39 is 11.9 Å². The zero-order valence-corrected chi connectivity index (χ0v) is 9.81. The zero-order chi connectivity index (χ0) is 12.1. The number of ether oxygens (including phenoxy) is 1. The number of amides is 1. The summed E-state index contributed by atoms with van der Waals surface area (Å²) < 4.78 is 5.23. The molecule has 0 aromatic heterocycles. The summed E-state index contributed by atoms with van der Waals surface area (Å²) in [4.78, 5) is 23.9. The van der Waals surface area contributed by atoms with Gasteiger partial charge in [-0.25, -0.2) is 0 Å². The van der Waals surface area contributed by atoms with Crippen LogP contribution in [0.3, 0.4) is 0 Å². The lowest BCUT2D eigenvalue weighted by Crippen LogP contribution is -2.39. The number of carbonyl (C=O) groups excluding carboxylic acids is 1. The van der Waals surface area contributed by atoms with Crippen molar-refractivity contribution >= 4 is 11.9 Å². The Balaban J connectivity index is 2.41. The van der Waals surface area contributed by atoms with E-state index in [0.29, 0.717) is 12.5 Å². The minimum absolute atomic E-state index is 0.320. The fraction of sp³-hybridized carbons (Fsp3) is 0.818. The van der Waals surface area contributed by atoms with E-state index in [0.717, 1.165) is 26.1 Å². The number of hydrogen-bond donors (Lipinski definition) is 1. The Morgan fingerprint density at radius 2 is 2.00 bits per heavy atom. The van der Waals surface area contributed by atoms with Gasteiger partial charge in [0.05, 0.1) is 0 Å². The van der Waals surface area contributed by atoms with Gasteiger partial charge in [-0.05, 0) is 25.7 Å². The van der Waals surface area contributed by atoms with E-state index in [2.05, 4.69) is 0 Å². The molecule has 92 valence electrons. The molecule has 1 aliphatic rings. The van der Waals surface area contributed by atoms with E-state index in [1.54, 1.807) is 7.05 Å². The third-order valence-corrected chi connectivity index (χ3v) is 2.99. The van der Waals surface area contributed by atoms with Gasteiger partial charge in [0.1, 0.15) is 5.92 Å². The van der Waals surface area contributed by atoms with Crippen LogP contribution in [-0.2, 0) is 14.3 Å². The highest BCUT2D eigenvalue weighted by Crippen LogP contribution is 2.16. The topological polar surface area (TPSA) is 66.8 Å². The Morgan fingerprint density at radius 1 is 1.44 bits per heavy atom. The second kappa shape index (κ2) is 5.84. The van der Waals surface area contributed by atoms with E-state index in [-0.39, 0.29) is 5.91 Å².